The molecule has 0 N–H and O–H groups in total. The van der Waals surface area contributed by atoms with Gasteiger partial charge in [-0.05, 0) is 166 Å². The fourth-order valence-electron chi connectivity index (χ4n) is 10.6. The maximum absolute atomic E-state index is 17.8. The molecule has 0 aliphatic carbocycles. The van der Waals surface area contributed by atoms with Gasteiger partial charge in [-0.3, -0.25) is 0 Å². The molecule has 0 amide bonds. The molecule has 0 atom stereocenters. The third-order valence-electron chi connectivity index (χ3n) is 14.6. The summed E-state index contributed by atoms with van der Waals surface area (Å²) in [5, 5.41) is 6.12. The normalized spacial score (nSPS) is 11.5. The Morgan fingerprint density at radius 3 is 1.00 bits per heavy atom. The number of hydrogen-bond donors (Lipinski definition) is 0. The van der Waals surface area contributed by atoms with Crippen molar-refractivity contribution in [1.29, 1.82) is 0 Å². The molecular weight excluding hydrogens is 883 g/mol. The summed E-state index contributed by atoms with van der Waals surface area (Å²) in [7, 11) is 0. The van der Waals surface area contributed by atoms with E-state index in [2.05, 4.69) is 159 Å². The minimum absolute atomic E-state index is 0.333. The van der Waals surface area contributed by atoms with Crippen molar-refractivity contribution in [2.75, 3.05) is 9.80 Å². The van der Waals surface area contributed by atoms with E-state index < -0.39 is 0 Å². The molecule has 0 heterocycles. The van der Waals surface area contributed by atoms with Crippen LogP contribution in [0.1, 0.15) is 22.3 Å². The summed E-state index contributed by atoms with van der Waals surface area (Å²) in [6.45, 7) is 8.43. The van der Waals surface area contributed by atoms with E-state index >= 15 is 8.78 Å². The van der Waals surface area contributed by atoms with Crippen LogP contribution in [0.5, 0.6) is 0 Å². The Balaban J connectivity index is 1.14. The minimum atomic E-state index is -0.333. The number of hydrogen-bond acceptors (Lipinski definition) is 2. The van der Waals surface area contributed by atoms with Crippen LogP contribution in [0.2, 0.25) is 0 Å². The summed E-state index contributed by atoms with van der Waals surface area (Å²) in [6, 6.07) is 77.9. The van der Waals surface area contributed by atoms with Crippen molar-refractivity contribution in [3.8, 4) is 44.5 Å². The number of aryl methyl sites for hydroxylation is 4. The highest BCUT2D eigenvalue weighted by atomic mass is 19.1. The number of anilines is 6. The molecule has 0 spiro atoms. The Hall–Kier alpha value is -8.86. The average molecular weight is 933 g/mol. The summed E-state index contributed by atoms with van der Waals surface area (Å²) in [6.07, 6.45) is 0. The van der Waals surface area contributed by atoms with Gasteiger partial charge in [0.1, 0.15) is 11.6 Å². The molecule has 0 radical (unpaired) electrons. The van der Waals surface area contributed by atoms with Crippen molar-refractivity contribution >= 4 is 66.4 Å². The summed E-state index contributed by atoms with van der Waals surface area (Å²) in [5.74, 6) is -0.667. The molecule has 4 heteroatoms. The highest BCUT2D eigenvalue weighted by Crippen LogP contribution is 2.52. The van der Waals surface area contributed by atoms with Gasteiger partial charge in [0.25, 0.3) is 0 Å². The van der Waals surface area contributed by atoms with Crippen molar-refractivity contribution in [1.82, 2.24) is 0 Å². The van der Waals surface area contributed by atoms with Crippen LogP contribution in [0, 0.1) is 39.3 Å². The van der Waals surface area contributed by atoms with E-state index in [4.69, 9.17) is 0 Å². The first-order valence-electron chi connectivity index (χ1n) is 24.5. The third kappa shape index (κ3) is 7.73. The number of halogens is 2. The molecular formula is C68H50F2N2. The first-order valence-corrected chi connectivity index (χ1v) is 24.5. The van der Waals surface area contributed by atoms with Gasteiger partial charge in [0, 0.05) is 33.3 Å². The Morgan fingerprint density at radius 1 is 0.292 bits per heavy atom. The lowest BCUT2D eigenvalue weighted by atomic mass is 9.90. The van der Waals surface area contributed by atoms with Crippen LogP contribution < -0.4 is 9.80 Å². The molecule has 0 unspecified atom stereocenters. The molecule has 0 saturated heterocycles. The number of benzene rings is 12. The van der Waals surface area contributed by atoms with Gasteiger partial charge in [-0.15, -0.1) is 0 Å². The van der Waals surface area contributed by atoms with E-state index in [9.17, 15) is 0 Å². The fraction of sp³-hybridized carbons (Fsp3) is 0.0588. The minimum Gasteiger partial charge on any atom is -0.307 e. The van der Waals surface area contributed by atoms with Gasteiger partial charge in [0.2, 0.25) is 0 Å². The molecule has 0 bridgehead atoms. The van der Waals surface area contributed by atoms with Crippen molar-refractivity contribution < 1.29 is 8.78 Å². The molecule has 0 aliphatic rings. The highest BCUT2D eigenvalue weighted by Gasteiger charge is 2.28. The van der Waals surface area contributed by atoms with Crippen LogP contribution in [0.15, 0.2) is 231 Å². The van der Waals surface area contributed by atoms with Crippen LogP contribution in [0.3, 0.4) is 0 Å². The maximum atomic E-state index is 17.8. The topological polar surface area (TPSA) is 6.48 Å². The van der Waals surface area contributed by atoms with Crippen molar-refractivity contribution in [3.63, 3.8) is 0 Å². The van der Waals surface area contributed by atoms with E-state index in [-0.39, 0.29) is 11.6 Å². The van der Waals surface area contributed by atoms with E-state index in [1.165, 1.54) is 0 Å². The average Bonchev–Trinajstić information content (AvgIpc) is 3.42. The summed E-state index contributed by atoms with van der Waals surface area (Å²) >= 11 is 0. The van der Waals surface area contributed by atoms with Gasteiger partial charge in [0.15, 0.2) is 0 Å². The Kier molecular flexibility index (Phi) is 11.2. The Bertz CT molecular complexity index is 3720. The first-order chi connectivity index (χ1) is 35.2. The SMILES string of the molecule is Cc1ccc(N(c2c(F)cc(-c3ccccc3)cc2-c2ccccc2)c2ccc3ccc4c(N(c5ccc(C)c(C)c5)c5c(F)cc(-c6ccccc6)cc5-c5ccccc5)ccc5ccc2c3c54)cc1C. The lowest BCUT2D eigenvalue weighted by Gasteiger charge is -2.32. The van der Waals surface area contributed by atoms with E-state index in [0.29, 0.717) is 11.4 Å². The van der Waals surface area contributed by atoms with Gasteiger partial charge in [-0.2, -0.15) is 0 Å². The highest BCUT2D eigenvalue weighted by molar-refractivity contribution is 6.28. The molecule has 0 aliphatic heterocycles. The molecule has 12 aromatic rings. The van der Waals surface area contributed by atoms with Crippen LogP contribution in [0.25, 0.3) is 76.8 Å². The standard InChI is InChI=1S/C68H50F2N2/c1-43-25-31-55(37-45(43)3)71(67-59(49-21-13-7-14-22-49)39-53(41-61(67)69)47-17-9-5-10-18-47)63-35-29-51-28-34-58-64(36-30-52-27-33-57(63)65(51)66(52)58)72(56-32-26-44(2)46(4)38-56)68-60(50-23-15-8-16-24-50)40-54(42-62(68)70)48-19-11-6-12-20-48/h5-42H,1-4H3. The van der Waals surface area contributed by atoms with Crippen LogP contribution >= 0.6 is 0 Å². The summed E-state index contributed by atoms with van der Waals surface area (Å²) in [5.41, 5.74) is 15.7. The van der Waals surface area contributed by atoms with Gasteiger partial charge in [0.05, 0.1) is 22.7 Å². The molecule has 0 fully saturated rings. The molecule has 346 valence electrons. The van der Waals surface area contributed by atoms with Crippen LogP contribution in [-0.2, 0) is 0 Å². The number of nitrogens with zero attached hydrogens (tertiary/aromatic N) is 2. The van der Waals surface area contributed by atoms with Crippen molar-refractivity contribution in [2.24, 2.45) is 0 Å². The Labute approximate surface area is 419 Å². The van der Waals surface area contributed by atoms with Gasteiger partial charge < -0.3 is 9.80 Å². The quantitative estimate of drug-likeness (QED) is 0.126. The second-order valence-electron chi connectivity index (χ2n) is 19.0. The fourth-order valence-corrected chi connectivity index (χ4v) is 10.6. The van der Waals surface area contributed by atoms with Crippen molar-refractivity contribution in [3.05, 3.63) is 264 Å². The lowest BCUT2D eigenvalue weighted by molar-refractivity contribution is 0.629. The van der Waals surface area contributed by atoms with Gasteiger partial charge in [-0.1, -0.05) is 170 Å². The lowest BCUT2D eigenvalue weighted by Crippen LogP contribution is -2.15. The van der Waals surface area contributed by atoms with Crippen molar-refractivity contribution in [2.45, 2.75) is 27.7 Å². The second kappa shape index (κ2) is 18.1. The van der Waals surface area contributed by atoms with E-state index in [0.717, 1.165) is 122 Å². The predicted octanol–water partition coefficient (Wildman–Crippen LogP) is 19.7. The van der Waals surface area contributed by atoms with E-state index in [1.807, 2.05) is 97.1 Å². The second-order valence-corrected chi connectivity index (χ2v) is 19.0. The largest absolute Gasteiger partial charge is 0.307 e. The molecule has 72 heavy (non-hydrogen) atoms. The van der Waals surface area contributed by atoms with Gasteiger partial charge >= 0.3 is 0 Å². The predicted molar refractivity (Wildman–Crippen MR) is 300 cm³/mol. The Morgan fingerprint density at radius 2 is 0.639 bits per heavy atom. The monoisotopic (exact) mass is 932 g/mol. The third-order valence-corrected chi connectivity index (χ3v) is 14.6. The zero-order valence-corrected chi connectivity index (χ0v) is 40.6. The zero-order valence-electron chi connectivity index (χ0n) is 40.6. The van der Waals surface area contributed by atoms with Gasteiger partial charge in [-0.25, -0.2) is 8.78 Å². The molecule has 12 aromatic carbocycles. The molecule has 12 rings (SSSR count). The number of rotatable bonds is 10. The maximum Gasteiger partial charge on any atom is 0.148 e. The first kappa shape index (κ1) is 44.4. The summed E-state index contributed by atoms with van der Waals surface area (Å²) < 4.78 is 35.7. The smallest absolute Gasteiger partial charge is 0.148 e. The van der Waals surface area contributed by atoms with Crippen LogP contribution in [0.4, 0.5) is 42.9 Å². The van der Waals surface area contributed by atoms with Crippen LogP contribution in [-0.4, -0.2) is 0 Å². The molecule has 0 saturated carbocycles. The van der Waals surface area contributed by atoms with E-state index in [1.54, 1.807) is 12.1 Å². The molecule has 0 aromatic heterocycles. The summed E-state index contributed by atoms with van der Waals surface area (Å²) in [4.78, 5) is 4.23. The molecule has 2 nitrogen and oxygen atoms in total. The zero-order chi connectivity index (χ0) is 49.0.